The molecule has 0 bridgehead atoms. The number of likely N-dealkylation sites (tertiary alicyclic amines) is 1. The minimum absolute atomic E-state index is 0.226. The molecule has 1 rings (SSSR count). The van der Waals surface area contributed by atoms with Gasteiger partial charge in [-0.25, -0.2) is 0 Å². The summed E-state index contributed by atoms with van der Waals surface area (Å²) in [6, 6.07) is 0. The highest BCUT2D eigenvalue weighted by atomic mass is 16.3. The Bertz CT molecular complexity index is 318. The van der Waals surface area contributed by atoms with Crippen molar-refractivity contribution < 1.29 is 19.5 Å². The molecule has 0 spiro atoms. The minimum Gasteiger partial charge on any atom is -0.381 e. The van der Waals surface area contributed by atoms with Crippen molar-refractivity contribution in [3.63, 3.8) is 0 Å². The number of nitrogens with two attached hydrogens (primary N) is 1. The van der Waals surface area contributed by atoms with Gasteiger partial charge in [0.1, 0.15) is 0 Å². The molecule has 0 aromatic rings. The van der Waals surface area contributed by atoms with Crippen LogP contribution in [0.5, 0.6) is 0 Å². The van der Waals surface area contributed by atoms with Crippen LogP contribution in [0.4, 0.5) is 0 Å². The lowest BCUT2D eigenvalue weighted by Gasteiger charge is -2.35. The van der Waals surface area contributed by atoms with Gasteiger partial charge in [-0.15, -0.1) is 0 Å². The van der Waals surface area contributed by atoms with Crippen molar-refractivity contribution in [2.45, 2.75) is 32.8 Å². The molecule has 1 saturated heterocycles. The highest BCUT2D eigenvalue weighted by Gasteiger charge is 2.38. The van der Waals surface area contributed by atoms with Crippen LogP contribution in [0.25, 0.3) is 0 Å². The predicted octanol–water partition coefficient (Wildman–Crippen LogP) is -0.992. The SMILES string of the molecule is CC1(C)CC(=O)N(CC(O)C(N)=O)C(=O)C1. The molecule has 0 aliphatic carbocycles. The first-order chi connectivity index (χ1) is 7.23. The fraction of sp³-hybridized carbons (Fsp3) is 0.700. The Kier molecular flexibility index (Phi) is 3.32. The number of imide groups is 1. The van der Waals surface area contributed by atoms with Crippen LogP contribution in [-0.2, 0) is 14.4 Å². The Morgan fingerprint density at radius 1 is 1.44 bits per heavy atom. The van der Waals surface area contributed by atoms with Crippen molar-refractivity contribution in [2.75, 3.05) is 6.54 Å². The van der Waals surface area contributed by atoms with Crippen LogP contribution < -0.4 is 5.73 Å². The molecule has 0 radical (unpaired) electrons. The highest BCUT2D eigenvalue weighted by Crippen LogP contribution is 2.31. The van der Waals surface area contributed by atoms with Gasteiger partial charge in [0.2, 0.25) is 17.7 Å². The molecule has 1 aliphatic rings. The lowest BCUT2D eigenvalue weighted by Crippen LogP contribution is -2.51. The standard InChI is InChI=1S/C10H16N2O4/c1-10(2)3-7(14)12(8(15)4-10)5-6(13)9(11)16/h6,13H,3-5H2,1-2H3,(H2,11,16). The van der Waals surface area contributed by atoms with Crippen LogP contribution in [0.2, 0.25) is 0 Å². The summed E-state index contributed by atoms with van der Waals surface area (Å²) in [5, 5.41) is 9.22. The largest absolute Gasteiger partial charge is 0.381 e. The van der Waals surface area contributed by atoms with Crippen LogP contribution >= 0.6 is 0 Å². The van der Waals surface area contributed by atoms with E-state index in [9.17, 15) is 19.5 Å². The predicted molar refractivity (Wildman–Crippen MR) is 54.9 cm³/mol. The normalized spacial score (nSPS) is 22.1. The summed E-state index contributed by atoms with van der Waals surface area (Å²) in [7, 11) is 0. The van der Waals surface area contributed by atoms with Crippen molar-refractivity contribution in [1.29, 1.82) is 0 Å². The number of hydrogen-bond donors (Lipinski definition) is 2. The molecule has 1 atom stereocenters. The molecule has 6 heteroatoms. The Labute approximate surface area is 93.4 Å². The van der Waals surface area contributed by atoms with E-state index in [2.05, 4.69) is 0 Å². The summed E-state index contributed by atoms with van der Waals surface area (Å²) in [6.45, 7) is 3.30. The monoisotopic (exact) mass is 228 g/mol. The van der Waals surface area contributed by atoms with E-state index in [-0.39, 0.29) is 36.6 Å². The lowest BCUT2D eigenvalue weighted by molar-refractivity contribution is -0.154. The molecule has 0 aromatic heterocycles. The summed E-state index contributed by atoms with van der Waals surface area (Å²) in [4.78, 5) is 34.8. The number of aliphatic hydroxyl groups is 1. The third-order valence-electron chi connectivity index (χ3n) is 2.55. The highest BCUT2D eigenvalue weighted by molar-refractivity contribution is 5.99. The fourth-order valence-corrected chi connectivity index (χ4v) is 1.68. The third kappa shape index (κ3) is 2.79. The second kappa shape index (κ2) is 4.21. The van der Waals surface area contributed by atoms with E-state index in [1.165, 1.54) is 0 Å². The Morgan fingerprint density at radius 3 is 2.25 bits per heavy atom. The van der Waals surface area contributed by atoms with Crippen LogP contribution in [0.3, 0.4) is 0 Å². The summed E-state index contributed by atoms with van der Waals surface area (Å²) < 4.78 is 0. The number of aliphatic hydroxyl groups excluding tert-OH is 1. The maximum atomic E-state index is 11.6. The van der Waals surface area contributed by atoms with Crippen LogP contribution in [0, 0.1) is 5.41 Å². The quantitative estimate of drug-likeness (QED) is 0.605. The van der Waals surface area contributed by atoms with Gasteiger partial charge >= 0.3 is 0 Å². The lowest BCUT2D eigenvalue weighted by atomic mass is 9.81. The molecule has 1 unspecified atom stereocenters. The molecule has 1 heterocycles. The molecule has 6 nitrogen and oxygen atoms in total. The first kappa shape index (κ1) is 12.6. The second-order valence-corrected chi connectivity index (χ2v) is 4.83. The number of piperidine rings is 1. The van der Waals surface area contributed by atoms with E-state index in [0.717, 1.165) is 4.90 Å². The third-order valence-corrected chi connectivity index (χ3v) is 2.55. The van der Waals surface area contributed by atoms with Gasteiger partial charge in [-0.3, -0.25) is 19.3 Å². The van der Waals surface area contributed by atoms with Crippen LogP contribution in [0.15, 0.2) is 0 Å². The van der Waals surface area contributed by atoms with Gasteiger partial charge in [-0.05, 0) is 5.41 Å². The molecule has 1 aliphatic heterocycles. The molecule has 90 valence electrons. The zero-order valence-electron chi connectivity index (χ0n) is 9.40. The number of amides is 3. The molecule has 3 N–H and O–H groups in total. The van der Waals surface area contributed by atoms with Crippen LogP contribution in [0.1, 0.15) is 26.7 Å². The number of primary amides is 1. The fourth-order valence-electron chi connectivity index (χ4n) is 1.68. The molecular weight excluding hydrogens is 212 g/mol. The maximum absolute atomic E-state index is 11.6. The van der Waals surface area contributed by atoms with Gasteiger partial charge in [0.25, 0.3) is 0 Å². The number of carbonyl (C=O) groups excluding carboxylic acids is 3. The van der Waals surface area contributed by atoms with E-state index in [1.807, 2.05) is 13.8 Å². The van der Waals surface area contributed by atoms with Gasteiger partial charge in [0.05, 0.1) is 6.54 Å². The first-order valence-electron chi connectivity index (χ1n) is 5.03. The average molecular weight is 228 g/mol. The molecule has 0 aromatic carbocycles. The van der Waals surface area contributed by atoms with E-state index < -0.39 is 12.0 Å². The Balaban J connectivity index is 2.72. The van der Waals surface area contributed by atoms with Crippen molar-refractivity contribution in [3.8, 4) is 0 Å². The van der Waals surface area contributed by atoms with Crippen LogP contribution in [-0.4, -0.2) is 40.4 Å². The summed E-state index contributed by atoms with van der Waals surface area (Å²) in [6.07, 6.45) is -1.04. The molecule has 0 saturated carbocycles. The number of rotatable bonds is 3. The smallest absolute Gasteiger partial charge is 0.248 e. The number of nitrogens with zero attached hydrogens (tertiary/aromatic N) is 1. The van der Waals surface area contributed by atoms with Gasteiger partial charge in [-0.2, -0.15) is 0 Å². The molecule has 3 amide bonds. The first-order valence-corrected chi connectivity index (χ1v) is 5.03. The van der Waals surface area contributed by atoms with Gasteiger partial charge in [0, 0.05) is 12.8 Å². The minimum atomic E-state index is -1.49. The van der Waals surface area contributed by atoms with Crippen molar-refractivity contribution in [1.82, 2.24) is 4.90 Å². The second-order valence-electron chi connectivity index (χ2n) is 4.83. The van der Waals surface area contributed by atoms with E-state index in [4.69, 9.17) is 5.73 Å². The van der Waals surface area contributed by atoms with Crippen molar-refractivity contribution >= 4 is 17.7 Å². The van der Waals surface area contributed by atoms with Crippen molar-refractivity contribution in [2.24, 2.45) is 11.1 Å². The molecular formula is C10H16N2O4. The van der Waals surface area contributed by atoms with Gasteiger partial charge < -0.3 is 10.8 Å². The number of β-amino-alcohol motifs (C(OH)–C–C–N with tert-alkyl or cyclic N) is 1. The topological polar surface area (TPSA) is 101 Å². The summed E-state index contributed by atoms with van der Waals surface area (Å²) in [5.74, 6) is -1.69. The van der Waals surface area contributed by atoms with Gasteiger partial charge in [-0.1, -0.05) is 13.8 Å². The summed E-state index contributed by atoms with van der Waals surface area (Å²) in [5.41, 5.74) is 4.50. The molecule has 16 heavy (non-hydrogen) atoms. The Hall–Kier alpha value is -1.43. The average Bonchev–Trinajstić information content (AvgIpc) is 2.09. The van der Waals surface area contributed by atoms with Crippen molar-refractivity contribution in [3.05, 3.63) is 0 Å². The van der Waals surface area contributed by atoms with E-state index in [1.54, 1.807) is 0 Å². The van der Waals surface area contributed by atoms with E-state index in [0.29, 0.717) is 0 Å². The zero-order chi connectivity index (χ0) is 12.5. The maximum Gasteiger partial charge on any atom is 0.248 e. The number of carbonyl (C=O) groups is 3. The zero-order valence-corrected chi connectivity index (χ0v) is 9.40. The molecule has 1 fully saturated rings. The Morgan fingerprint density at radius 2 is 1.88 bits per heavy atom. The van der Waals surface area contributed by atoms with Gasteiger partial charge in [0.15, 0.2) is 6.10 Å². The number of hydrogen-bond acceptors (Lipinski definition) is 4. The summed E-state index contributed by atoms with van der Waals surface area (Å²) >= 11 is 0. The van der Waals surface area contributed by atoms with E-state index >= 15 is 0 Å².